The molecule has 0 aromatic carbocycles. The summed E-state index contributed by atoms with van der Waals surface area (Å²) in [6, 6.07) is 1.51. The molecule has 0 aromatic rings. The van der Waals surface area contributed by atoms with Crippen molar-refractivity contribution in [2.45, 2.75) is 83.7 Å². The van der Waals surface area contributed by atoms with Crippen molar-refractivity contribution in [2.24, 2.45) is 5.41 Å². The van der Waals surface area contributed by atoms with E-state index < -0.39 is 0 Å². The zero-order valence-corrected chi connectivity index (χ0v) is 13.4. The number of hydrogen-bond donors (Lipinski definition) is 1. The average molecular weight is 266 g/mol. The van der Waals surface area contributed by atoms with E-state index in [0.717, 1.165) is 6.04 Å². The van der Waals surface area contributed by atoms with Crippen LogP contribution >= 0.6 is 0 Å². The van der Waals surface area contributed by atoms with E-state index in [1.165, 1.54) is 70.9 Å². The first-order valence-corrected chi connectivity index (χ1v) is 8.55. The summed E-state index contributed by atoms with van der Waals surface area (Å²) >= 11 is 0. The predicted molar refractivity (Wildman–Crippen MR) is 83.5 cm³/mol. The van der Waals surface area contributed by atoms with Gasteiger partial charge in [-0.15, -0.1) is 0 Å². The first-order chi connectivity index (χ1) is 9.11. The van der Waals surface area contributed by atoms with Crippen LogP contribution in [0, 0.1) is 5.41 Å². The Kier molecular flexibility index (Phi) is 5.70. The molecule has 2 heteroatoms. The van der Waals surface area contributed by atoms with Crippen LogP contribution in [-0.2, 0) is 0 Å². The summed E-state index contributed by atoms with van der Waals surface area (Å²) in [6.07, 6.45) is 13.0. The van der Waals surface area contributed by atoms with Crippen LogP contribution < -0.4 is 5.32 Å². The SMILES string of the molecule is CC(C)NCC1(CN(C)C2CCC2)CCCCCC1. The van der Waals surface area contributed by atoms with Crippen LogP contribution in [0.15, 0.2) is 0 Å². The van der Waals surface area contributed by atoms with Crippen molar-refractivity contribution in [3.05, 3.63) is 0 Å². The van der Waals surface area contributed by atoms with Crippen LogP contribution in [-0.4, -0.2) is 37.1 Å². The molecule has 0 saturated heterocycles. The highest BCUT2D eigenvalue weighted by atomic mass is 15.1. The Morgan fingerprint density at radius 3 is 2.16 bits per heavy atom. The summed E-state index contributed by atoms with van der Waals surface area (Å²) in [5.41, 5.74) is 0.547. The Morgan fingerprint density at radius 2 is 1.68 bits per heavy atom. The first-order valence-electron chi connectivity index (χ1n) is 8.55. The Bertz CT molecular complexity index is 250. The molecule has 0 aliphatic heterocycles. The molecule has 0 spiro atoms. The summed E-state index contributed by atoms with van der Waals surface area (Å²) in [5, 5.41) is 3.74. The van der Waals surface area contributed by atoms with Gasteiger partial charge in [0.05, 0.1) is 0 Å². The van der Waals surface area contributed by atoms with E-state index in [0.29, 0.717) is 11.5 Å². The van der Waals surface area contributed by atoms with Crippen molar-refractivity contribution >= 4 is 0 Å². The third-order valence-corrected chi connectivity index (χ3v) is 5.33. The fourth-order valence-corrected chi connectivity index (χ4v) is 3.78. The molecule has 19 heavy (non-hydrogen) atoms. The van der Waals surface area contributed by atoms with Gasteiger partial charge in [-0.1, -0.05) is 46.0 Å². The minimum absolute atomic E-state index is 0.547. The highest BCUT2D eigenvalue weighted by Gasteiger charge is 2.34. The van der Waals surface area contributed by atoms with Crippen LogP contribution in [0.2, 0.25) is 0 Å². The minimum atomic E-state index is 0.547. The third kappa shape index (κ3) is 4.46. The van der Waals surface area contributed by atoms with Crippen molar-refractivity contribution < 1.29 is 0 Å². The summed E-state index contributed by atoms with van der Waals surface area (Å²) in [5.74, 6) is 0. The van der Waals surface area contributed by atoms with E-state index in [-0.39, 0.29) is 0 Å². The fraction of sp³-hybridized carbons (Fsp3) is 1.00. The summed E-state index contributed by atoms with van der Waals surface area (Å²) in [7, 11) is 2.37. The highest BCUT2D eigenvalue weighted by molar-refractivity contribution is 4.89. The highest BCUT2D eigenvalue weighted by Crippen LogP contribution is 2.37. The van der Waals surface area contributed by atoms with Gasteiger partial charge in [0.25, 0.3) is 0 Å². The minimum Gasteiger partial charge on any atom is -0.314 e. The van der Waals surface area contributed by atoms with Gasteiger partial charge >= 0.3 is 0 Å². The second kappa shape index (κ2) is 7.08. The molecule has 2 aliphatic carbocycles. The summed E-state index contributed by atoms with van der Waals surface area (Å²) < 4.78 is 0. The van der Waals surface area contributed by atoms with Crippen molar-refractivity contribution in [3.8, 4) is 0 Å². The smallest absolute Gasteiger partial charge is 0.00924 e. The third-order valence-electron chi connectivity index (χ3n) is 5.33. The number of hydrogen-bond acceptors (Lipinski definition) is 2. The standard InChI is InChI=1S/C17H34N2/c1-15(2)18-13-17(11-6-4-5-7-12-17)14-19(3)16-9-8-10-16/h15-16,18H,4-14H2,1-3H3. The maximum absolute atomic E-state index is 3.74. The second-order valence-electron chi connectivity index (χ2n) is 7.45. The van der Waals surface area contributed by atoms with E-state index in [2.05, 4.69) is 31.1 Å². The van der Waals surface area contributed by atoms with Gasteiger partial charge in [0.2, 0.25) is 0 Å². The van der Waals surface area contributed by atoms with Gasteiger partial charge in [-0.25, -0.2) is 0 Å². The molecule has 0 atom stereocenters. The van der Waals surface area contributed by atoms with Gasteiger partial charge < -0.3 is 10.2 Å². The topological polar surface area (TPSA) is 15.3 Å². The molecule has 2 nitrogen and oxygen atoms in total. The van der Waals surface area contributed by atoms with Crippen LogP contribution in [0.1, 0.15) is 71.6 Å². The number of rotatable bonds is 6. The van der Waals surface area contributed by atoms with Gasteiger partial charge in [0.1, 0.15) is 0 Å². The number of nitrogens with zero attached hydrogens (tertiary/aromatic N) is 1. The monoisotopic (exact) mass is 266 g/mol. The lowest BCUT2D eigenvalue weighted by Crippen LogP contribution is -2.48. The first kappa shape index (κ1) is 15.3. The van der Waals surface area contributed by atoms with Crippen molar-refractivity contribution in [3.63, 3.8) is 0 Å². The molecule has 2 rings (SSSR count). The molecule has 2 fully saturated rings. The van der Waals surface area contributed by atoms with E-state index >= 15 is 0 Å². The van der Waals surface area contributed by atoms with E-state index in [4.69, 9.17) is 0 Å². The zero-order valence-electron chi connectivity index (χ0n) is 13.4. The Hall–Kier alpha value is -0.0800. The molecule has 2 saturated carbocycles. The second-order valence-corrected chi connectivity index (χ2v) is 7.45. The lowest BCUT2D eigenvalue weighted by molar-refractivity contribution is 0.0795. The molecule has 0 amide bonds. The maximum atomic E-state index is 3.74. The van der Waals surface area contributed by atoms with Crippen molar-refractivity contribution in [1.29, 1.82) is 0 Å². The van der Waals surface area contributed by atoms with Gasteiger partial charge in [-0.05, 0) is 38.1 Å². The van der Waals surface area contributed by atoms with Crippen LogP contribution in [0.4, 0.5) is 0 Å². The zero-order chi connectivity index (χ0) is 13.7. The van der Waals surface area contributed by atoms with Gasteiger partial charge in [0, 0.05) is 25.2 Å². The largest absolute Gasteiger partial charge is 0.314 e. The molecule has 0 heterocycles. The summed E-state index contributed by atoms with van der Waals surface area (Å²) in [4.78, 5) is 2.68. The van der Waals surface area contributed by atoms with Crippen LogP contribution in [0.3, 0.4) is 0 Å². The van der Waals surface area contributed by atoms with Gasteiger partial charge in [0.15, 0.2) is 0 Å². The Labute approximate surface area is 120 Å². The quantitative estimate of drug-likeness (QED) is 0.736. The molecule has 0 aromatic heterocycles. The molecule has 0 unspecified atom stereocenters. The lowest BCUT2D eigenvalue weighted by atomic mass is 9.78. The Morgan fingerprint density at radius 1 is 1.05 bits per heavy atom. The lowest BCUT2D eigenvalue weighted by Gasteiger charge is -2.43. The molecular weight excluding hydrogens is 232 g/mol. The average Bonchev–Trinajstić information content (AvgIpc) is 2.50. The predicted octanol–water partition coefficient (Wildman–Crippen LogP) is 3.81. The van der Waals surface area contributed by atoms with E-state index in [9.17, 15) is 0 Å². The van der Waals surface area contributed by atoms with Crippen LogP contribution in [0.25, 0.3) is 0 Å². The molecule has 2 aliphatic rings. The number of nitrogens with one attached hydrogen (secondary N) is 1. The molecule has 112 valence electrons. The normalized spacial score (nSPS) is 24.5. The summed E-state index contributed by atoms with van der Waals surface area (Å²) in [6.45, 7) is 7.10. The van der Waals surface area contributed by atoms with Crippen LogP contribution in [0.5, 0.6) is 0 Å². The van der Waals surface area contributed by atoms with Crippen molar-refractivity contribution in [2.75, 3.05) is 20.1 Å². The fourth-order valence-electron chi connectivity index (χ4n) is 3.78. The van der Waals surface area contributed by atoms with Gasteiger partial charge in [-0.2, -0.15) is 0 Å². The molecule has 0 radical (unpaired) electrons. The maximum Gasteiger partial charge on any atom is 0.00924 e. The van der Waals surface area contributed by atoms with E-state index in [1.807, 2.05) is 0 Å². The van der Waals surface area contributed by atoms with Gasteiger partial charge in [-0.3, -0.25) is 0 Å². The van der Waals surface area contributed by atoms with E-state index in [1.54, 1.807) is 0 Å². The Balaban J connectivity index is 1.94. The molecule has 0 bridgehead atoms. The molecule has 1 N–H and O–H groups in total. The van der Waals surface area contributed by atoms with Crippen molar-refractivity contribution in [1.82, 2.24) is 10.2 Å². The molecular formula is C17H34N2.